The summed E-state index contributed by atoms with van der Waals surface area (Å²) < 4.78 is 10.4. The van der Waals surface area contributed by atoms with Gasteiger partial charge in [-0.05, 0) is 27.2 Å². The van der Waals surface area contributed by atoms with Crippen molar-refractivity contribution in [2.45, 2.75) is 38.8 Å². The van der Waals surface area contributed by atoms with Crippen LogP contribution in [0.4, 0.5) is 4.79 Å². The van der Waals surface area contributed by atoms with Crippen LogP contribution >= 0.6 is 0 Å². The molecule has 1 atom stereocenters. The highest BCUT2D eigenvalue weighted by molar-refractivity contribution is 5.67. The van der Waals surface area contributed by atoms with Crippen LogP contribution in [0.25, 0.3) is 0 Å². The van der Waals surface area contributed by atoms with Crippen LogP contribution in [0.15, 0.2) is 12.2 Å². The van der Waals surface area contributed by atoms with E-state index in [1.807, 2.05) is 32.9 Å². The Kier molecular flexibility index (Phi) is 6.15. The second-order valence-corrected chi connectivity index (χ2v) is 5.32. The van der Waals surface area contributed by atoms with E-state index in [0.717, 1.165) is 26.2 Å². The third kappa shape index (κ3) is 7.29. The van der Waals surface area contributed by atoms with Crippen LogP contribution in [0.1, 0.15) is 27.2 Å². The van der Waals surface area contributed by atoms with Gasteiger partial charge in [0.2, 0.25) is 0 Å². The number of carbonyl (C=O) groups is 1. The number of hydrogen-bond acceptors (Lipinski definition) is 4. The third-order valence-corrected chi connectivity index (χ3v) is 2.38. The number of nitrogens with one attached hydrogen (secondary N) is 2. The largest absolute Gasteiger partial charge is 0.444 e. The third-order valence-electron chi connectivity index (χ3n) is 2.38. The van der Waals surface area contributed by atoms with Gasteiger partial charge >= 0.3 is 6.09 Å². The van der Waals surface area contributed by atoms with Crippen molar-refractivity contribution in [2.75, 3.05) is 26.3 Å². The molecule has 18 heavy (non-hydrogen) atoms. The highest BCUT2D eigenvalue weighted by atomic mass is 16.6. The molecule has 1 unspecified atom stereocenters. The molecule has 0 aromatic rings. The number of hydrogen-bond donors (Lipinski definition) is 2. The van der Waals surface area contributed by atoms with Gasteiger partial charge in [0.25, 0.3) is 0 Å². The first-order valence-electron chi connectivity index (χ1n) is 6.40. The van der Waals surface area contributed by atoms with Crippen molar-refractivity contribution < 1.29 is 14.3 Å². The van der Waals surface area contributed by atoms with Gasteiger partial charge in [-0.25, -0.2) is 4.79 Å². The van der Waals surface area contributed by atoms with E-state index in [4.69, 9.17) is 9.47 Å². The lowest BCUT2D eigenvalue weighted by Gasteiger charge is -2.19. The average molecular weight is 256 g/mol. The van der Waals surface area contributed by atoms with Gasteiger partial charge in [0.1, 0.15) is 5.60 Å². The van der Waals surface area contributed by atoms with Gasteiger partial charge < -0.3 is 20.1 Å². The molecule has 1 fully saturated rings. The number of rotatable bonds is 5. The molecule has 0 aromatic heterocycles. The van der Waals surface area contributed by atoms with Crippen LogP contribution in [0.2, 0.25) is 0 Å². The Morgan fingerprint density at radius 2 is 2.11 bits per heavy atom. The first-order valence-corrected chi connectivity index (χ1v) is 6.40. The zero-order chi connectivity index (χ0) is 13.4. The van der Waals surface area contributed by atoms with Gasteiger partial charge in [0.05, 0.1) is 6.61 Å². The molecule has 1 amide bonds. The minimum absolute atomic E-state index is 0.385. The van der Waals surface area contributed by atoms with Crippen LogP contribution in [-0.2, 0) is 9.47 Å². The normalized spacial score (nSPS) is 20.3. The lowest BCUT2D eigenvalue weighted by atomic mass is 10.2. The molecule has 1 saturated heterocycles. The van der Waals surface area contributed by atoms with Crippen LogP contribution in [0.5, 0.6) is 0 Å². The van der Waals surface area contributed by atoms with Gasteiger partial charge in [-0.1, -0.05) is 12.2 Å². The molecule has 0 radical (unpaired) electrons. The molecule has 5 nitrogen and oxygen atoms in total. The van der Waals surface area contributed by atoms with Gasteiger partial charge in [-0.15, -0.1) is 0 Å². The van der Waals surface area contributed by atoms with Crippen molar-refractivity contribution in [1.29, 1.82) is 0 Å². The first-order chi connectivity index (χ1) is 8.47. The Hall–Kier alpha value is -1.07. The van der Waals surface area contributed by atoms with Crippen molar-refractivity contribution in [1.82, 2.24) is 10.6 Å². The minimum Gasteiger partial charge on any atom is -0.444 e. The molecule has 0 aromatic carbocycles. The predicted octanol–water partition coefficient (Wildman–Crippen LogP) is 1.45. The van der Waals surface area contributed by atoms with Crippen molar-refractivity contribution in [3.63, 3.8) is 0 Å². The van der Waals surface area contributed by atoms with E-state index in [1.165, 1.54) is 0 Å². The summed E-state index contributed by atoms with van der Waals surface area (Å²) in [7, 11) is 0. The molecule has 1 aliphatic rings. The van der Waals surface area contributed by atoms with E-state index in [1.54, 1.807) is 0 Å². The molecule has 0 bridgehead atoms. The standard InChI is InChI=1S/C13H24N2O3/c1-13(2,3)18-12(16)15-8-5-4-7-14-11-6-9-17-10-11/h4-5,11,14H,6-10H2,1-3H3,(H,15,16)/b5-4+. The first kappa shape index (κ1) is 15.0. The van der Waals surface area contributed by atoms with Crippen LogP contribution < -0.4 is 10.6 Å². The summed E-state index contributed by atoms with van der Waals surface area (Å²) in [5.74, 6) is 0. The van der Waals surface area contributed by atoms with Gasteiger partial charge in [0, 0.05) is 25.7 Å². The SMILES string of the molecule is CC(C)(C)OC(=O)NC/C=C/CNC1CCOC1. The fraction of sp³-hybridized carbons (Fsp3) is 0.769. The zero-order valence-corrected chi connectivity index (χ0v) is 11.5. The van der Waals surface area contributed by atoms with Crippen LogP contribution in [0.3, 0.4) is 0 Å². The Morgan fingerprint density at radius 1 is 1.39 bits per heavy atom. The molecule has 104 valence electrons. The highest BCUT2D eigenvalue weighted by Gasteiger charge is 2.15. The Bertz CT molecular complexity index is 278. The number of amides is 1. The molecular weight excluding hydrogens is 232 g/mol. The molecule has 2 N–H and O–H groups in total. The minimum atomic E-state index is -0.447. The summed E-state index contributed by atoms with van der Waals surface area (Å²) in [6, 6.07) is 0.466. The fourth-order valence-corrected chi connectivity index (χ4v) is 1.55. The summed E-state index contributed by atoms with van der Waals surface area (Å²) in [6.45, 7) is 8.45. The fourth-order valence-electron chi connectivity index (χ4n) is 1.55. The molecule has 1 aliphatic heterocycles. The van der Waals surface area contributed by atoms with Crippen molar-refractivity contribution in [3.05, 3.63) is 12.2 Å². The number of alkyl carbamates (subject to hydrolysis) is 1. The topological polar surface area (TPSA) is 59.6 Å². The van der Waals surface area contributed by atoms with Gasteiger partial charge in [0.15, 0.2) is 0 Å². The lowest BCUT2D eigenvalue weighted by Crippen LogP contribution is -2.32. The average Bonchev–Trinajstić information content (AvgIpc) is 2.73. The quantitative estimate of drug-likeness (QED) is 0.731. The molecule has 1 rings (SSSR count). The monoisotopic (exact) mass is 256 g/mol. The van der Waals surface area contributed by atoms with E-state index in [-0.39, 0.29) is 6.09 Å². The van der Waals surface area contributed by atoms with Crippen molar-refractivity contribution >= 4 is 6.09 Å². The second-order valence-electron chi connectivity index (χ2n) is 5.32. The van der Waals surface area contributed by atoms with Crippen molar-refractivity contribution in [3.8, 4) is 0 Å². The van der Waals surface area contributed by atoms with E-state index in [2.05, 4.69) is 10.6 Å². The maximum atomic E-state index is 11.3. The number of carbonyl (C=O) groups excluding carboxylic acids is 1. The lowest BCUT2D eigenvalue weighted by molar-refractivity contribution is 0.0534. The van der Waals surface area contributed by atoms with Crippen LogP contribution in [0, 0.1) is 0 Å². The van der Waals surface area contributed by atoms with E-state index in [9.17, 15) is 4.79 Å². The molecule has 0 aliphatic carbocycles. The molecule has 5 heteroatoms. The van der Waals surface area contributed by atoms with E-state index in [0.29, 0.717) is 12.6 Å². The van der Waals surface area contributed by atoms with Crippen LogP contribution in [-0.4, -0.2) is 44.0 Å². The van der Waals surface area contributed by atoms with E-state index >= 15 is 0 Å². The summed E-state index contributed by atoms with van der Waals surface area (Å²) in [5, 5.41) is 6.02. The Morgan fingerprint density at radius 3 is 2.72 bits per heavy atom. The predicted molar refractivity (Wildman–Crippen MR) is 70.6 cm³/mol. The molecule has 1 heterocycles. The smallest absolute Gasteiger partial charge is 0.407 e. The summed E-state index contributed by atoms with van der Waals surface area (Å²) in [4.78, 5) is 11.3. The second kappa shape index (κ2) is 7.38. The summed E-state index contributed by atoms with van der Waals surface area (Å²) >= 11 is 0. The molecule has 0 saturated carbocycles. The van der Waals surface area contributed by atoms with Crippen molar-refractivity contribution in [2.24, 2.45) is 0 Å². The summed E-state index contributed by atoms with van der Waals surface area (Å²) in [6.07, 6.45) is 4.59. The maximum Gasteiger partial charge on any atom is 0.407 e. The van der Waals surface area contributed by atoms with Gasteiger partial charge in [-0.2, -0.15) is 0 Å². The Balaban J connectivity index is 2.01. The van der Waals surface area contributed by atoms with E-state index < -0.39 is 5.60 Å². The van der Waals surface area contributed by atoms with Gasteiger partial charge in [-0.3, -0.25) is 0 Å². The zero-order valence-electron chi connectivity index (χ0n) is 11.5. The highest BCUT2D eigenvalue weighted by Crippen LogP contribution is 2.06. The Labute approximate surface area is 109 Å². The molecule has 0 spiro atoms. The molecular formula is C13H24N2O3. The maximum absolute atomic E-state index is 11.3. The number of ether oxygens (including phenoxy) is 2. The summed E-state index contributed by atoms with van der Waals surface area (Å²) in [5.41, 5.74) is -0.447.